The summed E-state index contributed by atoms with van der Waals surface area (Å²) in [4.78, 5) is 28.0. The van der Waals surface area contributed by atoms with Crippen LogP contribution < -0.4 is 5.32 Å². The number of carbonyl (C=O) groups is 2. The summed E-state index contributed by atoms with van der Waals surface area (Å²) in [7, 11) is 0. The van der Waals surface area contributed by atoms with Crippen LogP contribution in [-0.4, -0.2) is 28.0 Å². The first kappa shape index (κ1) is 14.8. The zero-order valence-electron chi connectivity index (χ0n) is 12.3. The van der Waals surface area contributed by atoms with Crippen molar-refractivity contribution in [3.8, 4) is 10.8 Å². The lowest BCUT2D eigenvalue weighted by atomic mass is 9.80. The fourth-order valence-corrected chi connectivity index (χ4v) is 3.38. The smallest absolute Gasteiger partial charge is 0.306 e. The quantitative estimate of drug-likeness (QED) is 0.903. The number of carboxylic acid groups (broad SMARTS) is 1. The summed E-state index contributed by atoms with van der Waals surface area (Å²) in [6.45, 7) is 3.64. The number of amides is 1. The van der Waals surface area contributed by atoms with Crippen molar-refractivity contribution < 1.29 is 19.1 Å². The van der Waals surface area contributed by atoms with Gasteiger partial charge in [-0.1, -0.05) is 0 Å². The average Bonchev–Trinajstić information content (AvgIpc) is 2.98. The first-order valence-corrected chi connectivity index (χ1v) is 7.83. The summed E-state index contributed by atoms with van der Waals surface area (Å²) in [5, 5.41) is 12.4. The van der Waals surface area contributed by atoms with Crippen LogP contribution in [0.2, 0.25) is 0 Å². The van der Waals surface area contributed by atoms with Crippen molar-refractivity contribution in [1.29, 1.82) is 0 Å². The highest BCUT2D eigenvalue weighted by molar-refractivity contribution is 7.17. The third-order valence-electron chi connectivity index (χ3n) is 3.78. The molecule has 0 bridgehead atoms. The Balaban J connectivity index is 1.69. The number of hydrogen-bond acceptors (Lipinski definition) is 5. The molecule has 1 aliphatic carbocycles. The van der Waals surface area contributed by atoms with Gasteiger partial charge in [-0.2, -0.15) is 0 Å². The van der Waals surface area contributed by atoms with E-state index in [0.717, 1.165) is 5.76 Å². The third kappa shape index (κ3) is 2.76. The lowest BCUT2D eigenvalue weighted by Gasteiger charge is -2.32. The zero-order valence-corrected chi connectivity index (χ0v) is 13.1. The van der Waals surface area contributed by atoms with Crippen molar-refractivity contribution in [3.63, 3.8) is 0 Å². The number of rotatable bonds is 4. The number of thiazole rings is 1. The Morgan fingerprint density at radius 2 is 2.09 bits per heavy atom. The van der Waals surface area contributed by atoms with Gasteiger partial charge in [-0.05, 0) is 38.8 Å². The fraction of sp³-hybridized carbons (Fsp3) is 0.400. The summed E-state index contributed by atoms with van der Waals surface area (Å²) >= 11 is 1.28. The highest BCUT2D eigenvalue weighted by Gasteiger charge is 2.35. The molecule has 0 atom stereocenters. The molecular formula is C15H16N2O4S. The van der Waals surface area contributed by atoms with Gasteiger partial charge in [0, 0.05) is 6.04 Å². The van der Waals surface area contributed by atoms with Crippen molar-refractivity contribution in [1.82, 2.24) is 10.3 Å². The molecule has 0 radical (unpaired) electrons. The van der Waals surface area contributed by atoms with Gasteiger partial charge in [0.15, 0.2) is 10.8 Å². The highest BCUT2D eigenvalue weighted by atomic mass is 32.1. The topological polar surface area (TPSA) is 92.4 Å². The molecule has 22 heavy (non-hydrogen) atoms. The summed E-state index contributed by atoms with van der Waals surface area (Å²) in [5.74, 6) is 0.116. The normalized spacial score (nSPS) is 20.5. The van der Waals surface area contributed by atoms with Crippen LogP contribution in [0.15, 0.2) is 16.5 Å². The maximum atomic E-state index is 12.3. The fourth-order valence-electron chi connectivity index (χ4n) is 2.45. The lowest BCUT2D eigenvalue weighted by molar-refractivity contribution is -0.145. The van der Waals surface area contributed by atoms with Gasteiger partial charge in [0.05, 0.1) is 11.6 Å². The van der Waals surface area contributed by atoms with E-state index in [1.807, 2.05) is 19.1 Å². The Bertz CT molecular complexity index is 728. The number of furan rings is 1. The van der Waals surface area contributed by atoms with Crippen LogP contribution in [0.25, 0.3) is 10.8 Å². The zero-order chi connectivity index (χ0) is 15.9. The first-order valence-electron chi connectivity index (χ1n) is 7.02. The number of nitrogens with one attached hydrogen (secondary N) is 1. The maximum Gasteiger partial charge on any atom is 0.306 e. The van der Waals surface area contributed by atoms with Gasteiger partial charge in [-0.15, -0.1) is 11.3 Å². The molecule has 2 aromatic rings. The molecule has 116 valence electrons. The van der Waals surface area contributed by atoms with E-state index >= 15 is 0 Å². The van der Waals surface area contributed by atoms with Crippen molar-refractivity contribution in [2.24, 2.45) is 5.92 Å². The number of aliphatic carboxylic acids is 1. The molecule has 1 amide bonds. The number of nitrogens with zero attached hydrogens (tertiary/aromatic N) is 1. The predicted octanol–water partition coefficient (Wildman–Crippen LogP) is 2.61. The van der Waals surface area contributed by atoms with E-state index in [0.29, 0.717) is 34.2 Å². The minimum absolute atomic E-state index is 0.0654. The number of carbonyl (C=O) groups excluding carboxylic acids is 1. The summed E-state index contributed by atoms with van der Waals surface area (Å²) in [6, 6.07) is 3.62. The van der Waals surface area contributed by atoms with Gasteiger partial charge in [-0.3, -0.25) is 9.59 Å². The summed E-state index contributed by atoms with van der Waals surface area (Å²) < 4.78 is 5.52. The van der Waals surface area contributed by atoms with Gasteiger partial charge in [0.25, 0.3) is 5.91 Å². The molecule has 0 unspecified atom stereocenters. The van der Waals surface area contributed by atoms with Crippen LogP contribution in [0.1, 0.15) is 34.0 Å². The van der Waals surface area contributed by atoms with Crippen LogP contribution in [0, 0.1) is 19.8 Å². The van der Waals surface area contributed by atoms with Crippen LogP contribution in [0.3, 0.4) is 0 Å². The highest BCUT2D eigenvalue weighted by Crippen LogP contribution is 2.31. The molecule has 1 aliphatic rings. The van der Waals surface area contributed by atoms with Crippen molar-refractivity contribution >= 4 is 23.2 Å². The molecule has 2 aromatic heterocycles. The molecule has 1 fully saturated rings. The number of aryl methyl sites for hydroxylation is 2. The van der Waals surface area contributed by atoms with E-state index in [-0.39, 0.29) is 17.9 Å². The molecule has 7 heteroatoms. The van der Waals surface area contributed by atoms with Crippen LogP contribution in [0.5, 0.6) is 0 Å². The van der Waals surface area contributed by atoms with Crippen molar-refractivity contribution in [2.75, 3.05) is 0 Å². The van der Waals surface area contributed by atoms with E-state index in [1.165, 1.54) is 11.3 Å². The van der Waals surface area contributed by atoms with Crippen molar-refractivity contribution in [3.05, 3.63) is 28.5 Å². The minimum atomic E-state index is -0.796. The van der Waals surface area contributed by atoms with Crippen LogP contribution in [0.4, 0.5) is 0 Å². The third-order valence-corrected chi connectivity index (χ3v) is 4.95. The van der Waals surface area contributed by atoms with E-state index in [1.54, 1.807) is 6.92 Å². The minimum Gasteiger partial charge on any atom is -0.481 e. The second-order valence-electron chi connectivity index (χ2n) is 5.52. The van der Waals surface area contributed by atoms with E-state index in [2.05, 4.69) is 10.3 Å². The standard InChI is InChI=1S/C15H16N2O4S/c1-7-3-4-11(21-7)14-16-8(2)12(22-14)13(18)17-10-5-9(6-10)15(19)20/h3-4,9-10H,5-6H2,1-2H3,(H,17,18)(H,19,20). The van der Waals surface area contributed by atoms with Crippen molar-refractivity contribution in [2.45, 2.75) is 32.7 Å². The number of carboxylic acids is 1. The molecular weight excluding hydrogens is 304 g/mol. The van der Waals surface area contributed by atoms with E-state index < -0.39 is 5.97 Å². The predicted molar refractivity (Wildman–Crippen MR) is 80.9 cm³/mol. The molecule has 6 nitrogen and oxygen atoms in total. The Morgan fingerprint density at radius 1 is 1.36 bits per heavy atom. The molecule has 2 N–H and O–H groups in total. The van der Waals surface area contributed by atoms with Crippen LogP contribution in [-0.2, 0) is 4.79 Å². The molecule has 2 heterocycles. The second-order valence-corrected chi connectivity index (χ2v) is 6.52. The monoisotopic (exact) mass is 320 g/mol. The SMILES string of the molecule is Cc1ccc(-c2nc(C)c(C(=O)NC3CC(C(=O)O)C3)s2)o1. The largest absolute Gasteiger partial charge is 0.481 e. The van der Waals surface area contributed by atoms with Gasteiger partial charge < -0.3 is 14.8 Å². The van der Waals surface area contributed by atoms with Gasteiger partial charge >= 0.3 is 5.97 Å². The number of aromatic nitrogens is 1. The Labute approximate surface area is 131 Å². The molecule has 0 aromatic carbocycles. The lowest BCUT2D eigenvalue weighted by Crippen LogP contribution is -2.46. The van der Waals surface area contributed by atoms with Gasteiger partial charge in [0.1, 0.15) is 10.6 Å². The molecule has 0 spiro atoms. The maximum absolute atomic E-state index is 12.3. The van der Waals surface area contributed by atoms with Gasteiger partial charge in [-0.25, -0.2) is 4.98 Å². The van der Waals surface area contributed by atoms with Gasteiger partial charge in [0.2, 0.25) is 0 Å². The molecule has 3 rings (SSSR count). The average molecular weight is 320 g/mol. The van der Waals surface area contributed by atoms with Crippen LogP contribution >= 0.6 is 11.3 Å². The molecule has 0 aliphatic heterocycles. The summed E-state index contributed by atoms with van der Waals surface area (Å²) in [5.41, 5.74) is 0.653. The summed E-state index contributed by atoms with van der Waals surface area (Å²) in [6.07, 6.45) is 0.978. The van der Waals surface area contributed by atoms with E-state index in [9.17, 15) is 9.59 Å². The Kier molecular flexibility index (Phi) is 3.74. The first-order chi connectivity index (χ1) is 10.4. The molecule has 1 saturated carbocycles. The van der Waals surface area contributed by atoms with E-state index in [4.69, 9.17) is 9.52 Å². The Morgan fingerprint density at radius 3 is 2.68 bits per heavy atom. The second kappa shape index (κ2) is 5.57. The molecule has 0 saturated heterocycles. The Hall–Kier alpha value is -2.15. The number of hydrogen-bond donors (Lipinski definition) is 2.